The number of carbonyl (C=O) groups excluding carboxylic acids is 1. The quantitative estimate of drug-likeness (QED) is 0.510. The van der Waals surface area contributed by atoms with Gasteiger partial charge in [-0.1, -0.05) is 0 Å². The average Bonchev–Trinajstić information content (AvgIpc) is 2.53. The first kappa shape index (κ1) is 13.9. The second-order valence-electron chi connectivity index (χ2n) is 7.74. The number of hydrogen-bond acceptors (Lipinski definition) is 5. The highest BCUT2D eigenvalue weighted by atomic mass is 32.2. The topological polar surface area (TPSA) is 50.7 Å². The van der Waals surface area contributed by atoms with E-state index >= 15 is 0 Å². The number of carbonyl (C=O) groups is 1. The van der Waals surface area contributed by atoms with E-state index in [0.717, 1.165) is 47.5 Å². The fourth-order valence-electron chi connectivity index (χ4n) is 5.52. The summed E-state index contributed by atoms with van der Waals surface area (Å²) in [6.45, 7) is 0. The molecular formula is C18H20N2O2S. The van der Waals surface area contributed by atoms with E-state index in [0.29, 0.717) is 5.75 Å². The van der Waals surface area contributed by atoms with Gasteiger partial charge in [0, 0.05) is 22.4 Å². The summed E-state index contributed by atoms with van der Waals surface area (Å²) in [5.41, 5.74) is 0.862. The van der Waals surface area contributed by atoms with E-state index in [1.807, 2.05) is 18.2 Å². The van der Waals surface area contributed by atoms with Gasteiger partial charge in [-0.25, -0.2) is 4.83 Å². The van der Waals surface area contributed by atoms with Gasteiger partial charge in [-0.15, -0.1) is 0 Å². The molecule has 4 bridgehead atoms. The number of rotatable bonds is 2. The number of benzene rings is 1. The molecule has 0 amide bonds. The number of nitrogens with one attached hydrogen (secondary N) is 1. The molecule has 1 heterocycles. The highest BCUT2D eigenvalue weighted by molar-refractivity contribution is 7.97. The average molecular weight is 328 g/mol. The van der Waals surface area contributed by atoms with Gasteiger partial charge in [0.15, 0.2) is 0 Å². The Kier molecular flexibility index (Phi) is 3.02. The molecule has 0 aromatic heterocycles. The van der Waals surface area contributed by atoms with E-state index in [4.69, 9.17) is 4.74 Å². The van der Waals surface area contributed by atoms with Gasteiger partial charge < -0.3 is 4.74 Å². The zero-order valence-corrected chi connectivity index (χ0v) is 13.8. The van der Waals surface area contributed by atoms with Crippen molar-refractivity contribution in [3.05, 3.63) is 23.8 Å². The molecule has 4 fully saturated rings. The standard InChI is InChI=1S/C18H20N2O2S/c21-17(18-7-11-3-12(8-18)5-13(4-11)9-18)22-15-2-1-14-10-19-20-23-16(14)6-15/h1-2,6,10-13,20H,3-5,7-9H2. The number of nitrogens with zero attached hydrogens (tertiary/aromatic N) is 1. The van der Waals surface area contributed by atoms with Crippen LogP contribution in [0.2, 0.25) is 0 Å². The molecule has 0 radical (unpaired) electrons. The van der Waals surface area contributed by atoms with Crippen LogP contribution in [0.5, 0.6) is 5.75 Å². The van der Waals surface area contributed by atoms with Gasteiger partial charge in [-0.2, -0.15) is 5.10 Å². The molecular weight excluding hydrogens is 308 g/mol. The first-order valence-electron chi connectivity index (χ1n) is 8.51. The summed E-state index contributed by atoms with van der Waals surface area (Å²) in [6.07, 6.45) is 8.95. The van der Waals surface area contributed by atoms with Crippen molar-refractivity contribution in [2.75, 3.05) is 0 Å². The molecule has 4 nitrogen and oxygen atoms in total. The largest absolute Gasteiger partial charge is 0.426 e. The van der Waals surface area contributed by atoms with Crippen LogP contribution in [-0.4, -0.2) is 12.2 Å². The molecule has 120 valence electrons. The monoisotopic (exact) mass is 328 g/mol. The Balaban J connectivity index is 1.38. The van der Waals surface area contributed by atoms with E-state index in [1.165, 1.54) is 31.2 Å². The van der Waals surface area contributed by atoms with Crippen molar-refractivity contribution in [3.63, 3.8) is 0 Å². The summed E-state index contributed by atoms with van der Waals surface area (Å²) in [5, 5.41) is 4.02. The summed E-state index contributed by atoms with van der Waals surface area (Å²) < 4.78 is 5.84. The molecule has 0 saturated heterocycles. The Labute approximate surface area is 140 Å². The highest BCUT2D eigenvalue weighted by Gasteiger charge is 2.55. The fraction of sp³-hybridized carbons (Fsp3) is 0.556. The van der Waals surface area contributed by atoms with Crippen LogP contribution in [0.3, 0.4) is 0 Å². The molecule has 0 unspecified atom stereocenters. The second-order valence-corrected chi connectivity index (χ2v) is 8.57. The smallest absolute Gasteiger partial charge is 0.317 e. The zero-order valence-electron chi connectivity index (χ0n) is 13.0. The SMILES string of the molecule is O=C(Oc1ccc2c(c1)SNN=C2)C12CC3CC(CC(C3)C1)C2. The van der Waals surface area contributed by atoms with E-state index in [2.05, 4.69) is 9.93 Å². The van der Waals surface area contributed by atoms with Gasteiger partial charge in [0.2, 0.25) is 0 Å². The van der Waals surface area contributed by atoms with Crippen molar-refractivity contribution >= 4 is 24.1 Å². The molecule has 1 aromatic rings. The molecule has 6 rings (SSSR count). The third-order valence-corrected chi connectivity index (χ3v) is 6.85. The minimum Gasteiger partial charge on any atom is -0.426 e. The first-order chi connectivity index (χ1) is 11.2. The molecule has 0 spiro atoms. The Bertz CT molecular complexity index is 665. The molecule has 1 aromatic carbocycles. The van der Waals surface area contributed by atoms with E-state index in [9.17, 15) is 4.79 Å². The number of esters is 1. The molecule has 0 atom stereocenters. The van der Waals surface area contributed by atoms with Crippen LogP contribution in [0.25, 0.3) is 0 Å². The van der Waals surface area contributed by atoms with Crippen LogP contribution in [0.1, 0.15) is 44.1 Å². The van der Waals surface area contributed by atoms with Gasteiger partial charge >= 0.3 is 5.97 Å². The maximum Gasteiger partial charge on any atom is 0.317 e. The summed E-state index contributed by atoms with van der Waals surface area (Å²) in [5.74, 6) is 2.95. The van der Waals surface area contributed by atoms with E-state index in [-0.39, 0.29) is 11.4 Å². The van der Waals surface area contributed by atoms with Gasteiger partial charge in [0.25, 0.3) is 0 Å². The number of hydrogen-bond donors (Lipinski definition) is 1. The van der Waals surface area contributed by atoms with Crippen molar-refractivity contribution in [2.24, 2.45) is 28.3 Å². The Hall–Kier alpha value is -1.49. The molecule has 5 heteroatoms. The van der Waals surface area contributed by atoms with E-state index in [1.54, 1.807) is 6.21 Å². The Morgan fingerprint density at radius 1 is 1.17 bits per heavy atom. The molecule has 1 aliphatic heterocycles. The summed E-state index contributed by atoms with van der Waals surface area (Å²) in [4.78, 5) is 16.9. The molecule has 4 aliphatic carbocycles. The van der Waals surface area contributed by atoms with Crippen LogP contribution in [0.4, 0.5) is 0 Å². The summed E-state index contributed by atoms with van der Waals surface area (Å²) >= 11 is 1.45. The van der Waals surface area contributed by atoms with Crippen molar-refractivity contribution in [2.45, 2.75) is 43.4 Å². The molecule has 4 saturated carbocycles. The molecule has 1 N–H and O–H groups in total. The van der Waals surface area contributed by atoms with Crippen molar-refractivity contribution in [3.8, 4) is 5.75 Å². The minimum absolute atomic E-state index is 0.0129. The lowest BCUT2D eigenvalue weighted by molar-refractivity contribution is -0.161. The second kappa shape index (κ2) is 5.00. The van der Waals surface area contributed by atoms with E-state index < -0.39 is 0 Å². The lowest BCUT2D eigenvalue weighted by Crippen LogP contribution is -2.51. The molecule has 23 heavy (non-hydrogen) atoms. The van der Waals surface area contributed by atoms with Gasteiger partial charge in [-0.05, 0) is 74.5 Å². The minimum atomic E-state index is -0.197. The first-order valence-corrected chi connectivity index (χ1v) is 9.33. The van der Waals surface area contributed by atoms with Gasteiger partial charge in [0.1, 0.15) is 5.75 Å². The third-order valence-electron chi connectivity index (χ3n) is 6.08. The van der Waals surface area contributed by atoms with Crippen molar-refractivity contribution in [1.29, 1.82) is 0 Å². The van der Waals surface area contributed by atoms with Gasteiger partial charge in [-0.3, -0.25) is 4.79 Å². The maximum atomic E-state index is 13.0. The summed E-state index contributed by atoms with van der Waals surface area (Å²) in [7, 11) is 0. The van der Waals surface area contributed by atoms with Crippen molar-refractivity contribution in [1.82, 2.24) is 4.83 Å². The van der Waals surface area contributed by atoms with Crippen LogP contribution < -0.4 is 9.57 Å². The normalized spacial score (nSPS) is 36.4. The van der Waals surface area contributed by atoms with Gasteiger partial charge in [0.05, 0.1) is 11.6 Å². The highest BCUT2D eigenvalue weighted by Crippen LogP contribution is 2.60. The third kappa shape index (κ3) is 2.28. The van der Waals surface area contributed by atoms with Crippen LogP contribution in [0.15, 0.2) is 28.2 Å². The molecule has 5 aliphatic rings. The van der Waals surface area contributed by atoms with Crippen LogP contribution in [0, 0.1) is 23.2 Å². The Morgan fingerprint density at radius 3 is 2.57 bits per heavy atom. The maximum absolute atomic E-state index is 13.0. The lowest BCUT2D eigenvalue weighted by atomic mass is 9.49. The number of hydrazone groups is 1. The lowest BCUT2D eigenvalue weighted by Gasteiger charge is -2.55. The van der Waals surface area contributed by atoms with Crippen molar-refractivity contribution < 1.29 is 9.53 Å². The predicted molar refractivity (Wildman–Crippen MR) is 89.3 cm³/mol. The number of ether oxygens (including phenoxy) is 1. The Morgan fingerprint density at radius 2 is 1.87 bits per heavy atom. The zero-order chi connectivity index (χ0) is 15.4. The number of fused-ring (bicyclic) bond motifs is 1. The predicted octanol–water partition coefficient (Wildman–Crippen LogP) is 3.75. The van der Waals surface area contributed by atoms with Crippen LogP contribution in [-0.2, 0) is 4.79 Å². The fourth-order valence-corrected chi connectivity index (χ4v) is 6.14. The van der Waals surface area contributed by atoms with Crippen LogP contribution >= 0.6 is 11.9 Å². The summed E-state index contributed by atoms with van der Waals surface area (Å²) in [6, 6.07) is 5.79.